The van der Waals surface area contributed by atoms with E-state index in [1.54, 1.807) is 12.3 Å². The number of ether oxygens (including phenoxy) is 1. The molecule has 2 aromatic carbocycles. The molecule has 10 heteroatoms. The molecule has 0 spiro atoms. The van der Waals surface area contributed by atoms with E-state index in [4.69, 9.17) is 4.74 Å². The summed E-state index contributed by atoms with van der Waals surface area (Å²) in [5, 5.41) is 0.307. The van der Waals surface area contributed by atoms with Crippen LogP contribution in [0.4, 0.5) is 24.7 Å². The Hall–Kier alpha value is -2.85. The molecule has 1 saturated carbocycles. The number of nitrogens with one attached hydrogen (secondary N) is 1. The van der Waals surface area contributed by atoms with Crippen LogP contribution in [0.2, 0.25) is 0 Å². The van der Waals surface area contributed by atoms with Crippen LogP contribution in [-0.2, 0) is 4.74 Å². The molecule has 32 heavy (non-hydrogen) atoms. The van der Waals surface area contributed by atoms with Crippen LogP contribution in [0.15, 0.2) is 30.5 Å². The van der Waals surface area contributed by atoms with E-state index in [9.17, 15) is 18.0 Å². The van der Waals surface area contributed by atoms with Gasteiger partial charge >= 0.3 is 0 Å². The minimum Gasteiger partial charge on any atom is -0.378 e. The van der Waals surface area contributed by atoms with Crippen LogP contribution < -0.4 is 9.62 Å². The van der Waals surface area contributed by atoms with Crippen molar-refractivity contribution >= 4 is 40.3 Å². The molecule has 5 rings (SSSR count). The second kappa shape index (κ2) is 8.59. The maximum atomic E-state index is 15.0. The van der Waals surface area contributed by atoms with Gasteiger partial charge in [0.2, 0.25) is 0 Å². The third kappa shape index (κ3) is 4.12. The van der Waals surface area contributed by atoms with Crippen LogP contribution in [0.1, 0.15) is 28.8 Å². The first-order valence-electron chi connectivity index (χ1n) is 10.2. The first kappa shape index (κ1) is 21.0. The van der Waals surface area contributed by atoms with E-state index in [-0.39, 0.29) is 11.3 Å². The van der Waals surface area contributed by atoms with Gasteiger partial charge in [-0.25, -0.2) is 18.2 Å². The number of ketones is 1. The number of carbonyl (C=O) groups is 1. The summed E-state index contributed by atoms with van der Waals surface area (Å²) in [7, 11) is 0. The number of carbonyl (C=O) groups excluding carboxylic acids is 1. The lowest BCUT2D eigenvalue weighted by molar-refractivity contribution is 0.103. The lowest BCUT2D eigenvalue weighted by Crippen LogP contribution is -2.36. The average Bonchev–Trinajstić information content (AvgIpc) is 3.65. The Kier molecular flexibility index (Phi) is 5.64. The van der Waals surface area contributed by atoms with E-state index >= 15 is 0 Å². The molecule has 2 aliphatic rings. The summed E-state index contributed by atoms with van der Waals surface area (Å²) in [6.07, 6.45) is 3.58. The highest BCUT2D eigenvalue weighted by atomic mass is 32.2. The van der Waals surface area contributed by atoms with Crippen molar-refractivity contribution in [3.63, 3.8) is 0 Å². The molecule has 0 atom stereocenters. The number of benzene rings is 2. The Labute approximate surface area is 186 Å². The molecule has 1 N–H and O–H groups in total. The van der Waals surface area contributed by atoms with Gasteiger partial charge in [-0.05, 0) is 43.0 Å². The highest BCUT2D eigenvalue weighted by Crippen LogP contribution is 2.36. The van der Waals surface area contributed by atoms with Gasteiger partial charge in [0, 0.05) is 30.0 Å². The largest absolute Gasteiger partial charge is 0.378 e. The summed E-state index contributed by atoms with van der Waals surface area (Å²) in [6.45, 7) is 2.47. The van der Waals surface area contributed by atoms with E-state index in [1.165, 1.54) is 24.1 Å². The number of fused-ring (bicyclic) bond motifs is 1. The molecule has 0 amide bonds. The summed E-state index contributed by atoms with van der Waals surface area (Å²) in [5.41, 5.74) is -0.253. The van der Waals surface area contributed by atoms with Gasteiger partial charge in [0.15, 0.2) is 23.2 Å². The van der Waals surface area contributed by atoms with Gasteiger partial charge in [-0.3, -0.25) is 9.78 Å². The fraction of sp³-hybridized carbons (Fsp3) is 0.318. The predicted molar refractivity (Wildman–Crippen MR) is 117 cm³/mol. The molecule has 0 radical (unpaired) electrons. The van der Waals surface area contributed by atoms with Crippen molar-refractivity contribution in [1.29, 1.82) is 0 Å². The molecular weight excluding hydrogens is 441 g/mol. The third-order valence-corrected chi connectivity index (χ3v) is 6.51. The molecule has 0 unspecified atom stereocenters. The van der Waals surface area contributed by atoms with Gasteiger partial charge in [-0.15, -0.1) is 0 Å². The fourth-order valence-electron chi connectivity index (χ4n) is 3.44. The fourth-order valence-corrected chi connectivity index (χ4v) is 4.26. The number of morpholine rings is 1. The zero-order valence-electron chi connectivity index (χ0n) is 16.9. The van der Waals surface area contributed by atoms with Crippen molar-refractivity contribution in [2.75, 3.05) is 35.9 Å². The summed E-state index contributed by atoms with van der Waals surface area (Å²) < 4.78 is 51.7. The maximum Gasteiger partial charge on any atom is 0.199 e. The van der Waals surface area contributed by atoms with Gasteiger partial charge in [0.05, 0.1) is 41.7 Å². The zero-order chi connectivity index (χ0) is 22.2. The van der Waals surface area contributed by atoms with Crippen molar-refractivity contribution in [3.05, 3.63) is 59.0 Å². The van der Waals surface area contributed by atoms with Crippen LogP contribution >= 0.6 is 11.9 Å². The first-order valence-corrected chi connectivity index (χ1v) is 11.1. The smallest absolute Gasteiger partial charge is 0.199 e. The minimum absolute atomic E-state index is 0.00452. The van der Waals surface area contributed by atoms with Crippen molar-refractivity contribution in [1.82, 2.24) is 9.97 Å². The molecule has 0 bridgehead atoms. The second-order valence-corrected chi connectivity index (χ2v) is 8.79. The molecule has 1 aliphatic heterocycles. The maximum absolute atomic E-state index is 15.0. The Morgan fingerprint density at radius 2 is 1.88 bits per heavy atom. The SMILES string of the molecule is O=C(c1ccc2ncc(N3CCOCC3)nc2c1)c1c(F)c(F)cc(NSC2CC2)c1F. The Morgan fingerprint density at radius 3 is 2.62 bits per heavy atom. The number of nitrogens with zero attached hydrogens (tertiary/aromatic N) is 3. The summed E-state index contributed by atoms with van der Waals surface area (Å²) in [4.78, 5) is 23.9. The molecule has 2 fully saturated rings. The number of hydrogen-bond donors (Lipinski definition) is 1. The highest BCUT2D eigenvalue weighted by Gasteiger charge is 2.28. The van der Waals surface area contributed by atoms with E-state index in [0.717, 1.165) is 18.9 Å². The normalized spacial score (nSPS) is 16.4. The molecule has 1 saturated heterocycles. The second-order valence-electron chi connectivity index (χ2n) is 7.69. The Balaban J connectivity index is 1.49. The highest BCUT2D eigenvalue weighted by molar-refractivity contribution is 8.01. The Bertz CT molecular complexity index is 1200. The number of halogens is 3. The van der Waals surface area contributed by atoms with Crippen molar-refractivity contribution < 1.29 is 22.7 Å². The van der Waals surface area contributed by atoms with Crippen LogP contribution in [0, 0.1) is 17.5 Å². The summed E-state index contributed by atoms with van der Waals surface area (Å²) in [6, 6.07) is 5.11. The molecule has 166 valence electrons. The first-order chi connectivity index (χ1) is 15.5. The van der Waals surface area contributed by atoms with Crippen LogP contribution in [-0.4, -0.2) is 47.3 Å². The Morgan fingerprint density at radius 1 is 1.09 bits per heavy atom. The quantitative estimate of drug-likeness (QED) is 0.334. The predicted octanol–water partition coefficient (Wildman–Crippen LogP) is 4.34. The van der Waals surface area contributed by atoms with Crippen molar-refractivity contribution in [2.45, 2.75) is 18.1 Å². The van der Waals surface area contributed by atoms with Gasteiger partial charge < -0.3 is 14.4 Å². The van der Waals surface area contributed by atoms with Crippen LogP contribution in [0.3, 0.4) is 0 Å². The van der Waals surface area contributed by atoms with Gasteiger partial charge in [-0.2, -0.15) is 0 Å². The lowest BCUT2D eigenvalue weighted by Gasteiger charge is -2.27. The monoisotopic (exact) mass is 460 g/mol. The number of anilines is 2. The number of rotatable bonds is 6. The van der Waals surface area contributed by atoms with Crippen molar-refractivity contribution in [3.8, 4) is 0 Å². The average molecular weight is 460 g/mol. The van der Waals surface area contributed by atoms with E-state index in [1.807, 2.05) is 4.90 Å². The van der Waals surface area contributed by atoms with E-state index < -0.39 is 28.8 Å². The molecular formula is C22H19F3N4O2S. The summed E-state index contributed by atoms with van der Waals surface area (Å²) >= 11 is 1.24. The van der Waals surface area contributed by atoms with Gasteiger partial charge in [0.25, 0.3) is 0 Å². The standard InChI is InChI=1S/C22H19F3N4O2S/c23-14-10-17(28-32-13-2-3-13)21(25)19(20(14)24)22(30)12-1-4-15-16(9-12)27-18(11-26-15)29-5-7-31-8-6-29/h1,4,9-11,13,28H,2-3,5-8H2. The lowest BCUT2D eigenvalue weighted by atomic mass is 10.0. The van der Waals surface area contributed by atoms with Crippen LogP contribution in [0.25, 0.3) is 11.0 Å². The van der Waals surface area contributed by atoms with E-state index in [2.05, 4.69) is 14.7 Å². The molecule has 1 aromatic heterocycles. The van der Waals surface area contributed by atoms with E-state index in [0.29, 0.717) is 48.4 Å². The molecule has 3 aromatic rings. The van der Waals surface area contributed by atoms with Crippen LogP contribution in [0.5, 0.6) is 0 Å². The molecule has 6 nitrogen and oxygen atoms in total. The molecule has 2 heterocycles. The topological polar surface area (TPSA) is 67.4 Å². The third-order valence-electron chi connectivity index (χ3n) is 5.37. The number of hydrogen-bond acceptors (Lipinski definition) is 7. The minimum atomic E-state index is -1.51. The zero-order valence-corrected chi connectivity index (χ0v) is 17.7. The van der Waals surface area contributed by atoms with Gasteiger partial charge in [-0.1, -0.05) is 0 Å². The summed E-state index contributed by atoms with van der Waals surface area (Å²) in [5.74, 6) is -4.25. The molecule has 1 aliphatic carbocycles. The number of aromatic nitrogens is 2. The van der Waals surface area contributed by atoms with Gasteiger partial charge in [0.1, 0.15) is 5.82 Å². The van der Waals surface area contributed by atoms with Crippen molar-refractivity contribution in [2.24, 2.45) is 0 Å².